The number of rotatable bonds is 41. The molecular weight excluding hydrogens is 707 g/mol. The van der Waals surface area contributed by atoms with Gasteiger partial charge in [-0.1, -0.05) is 219 Å². The first-order valence-corrected chi connectivity index (χ1v) is 24.2. The SMILES string of the molecule is CCCCCCCCCCCCCCCCCCCCCCCCC(O)C(COC1OC(CO)C(O)C(O)C1O)NC(=O)CCCCCCCCCCCCC. The summed E-state index contributed by atoms with van der Waals surface area (Å²) in [4.78, 5) is 12.9. The van der Waals surface area contributed by atoms with E-state index in [1.807, 2.05) is 0 Å². The lowest BCUT2D eigenvalue weighted by Crippen LogP contribution is -2.60. The van der Waals surface area contributed by atoms with Gasteiger partial charge in [-0.3, -0.25) is 4.79 Å². The Morgan fingerprint density at radius 2 is 0.893 bits per heavy atom. The number of carbonyl (C=O) groups is 1. The second kappa shape index (κ2) is 38.4. The molecule has 0 aliphatic carbocycles. The highest BCUT2D eigenvalue weighted by molar-refractivity contribution is 5.76. The lowest BCUT2D eigenvalue weighted by molar-refractivity contribution is -0.302. The van der Waals surface area contributed by atoms with Gasteiger partial charge in [0.1, 0.15) is 24.4 Å². The molecule has 1 aliphatic rings. The van der Waals surface area contributed by atoms with Gasteiger partial charge in [-0.25, -0.2) is 0 Å². The van der Waals surface area contributed by atoms with Crippen LogP contribution >= 0.6 is 0 Å². The van der Waals surface area contributed by atoms with Gasteiger partial charge in [0.2, 0.25) is 5.91 Å². The fourth-order valence-corrected chi connectivity index (χ4v) is 8.04. The molecule has 1 aliphatic heterocycles. The van der Waals surface area contributed by atoms with Crippen molar-refractivity contribution in [2.45, 2.75) is 281 Å². The van der Waals surface area contributed by atoms with Crippen LogP contribution in [-0.4, -0.2) is 87.5 Å². The van der Waals surface area contributed by atoms with Crippen molar-refractivity contribution in [3.8, 4) is 0 Å². The molecule has 0 aromatic carbocycles. The molecule has 9 nitrogen and oxygen atoms in total. The molecule has 0 saturated carbocycles. The van der Waals surface area contributed by atoms with E-state index < -0.39 is 49.5 Å². The zero-order valence-corrected chi connectivity index (χ0v) is 36.7. The van der Waals surface area contributed by atoms with Crippen molar-refractivity contribution >= 4 is 5.91 Å². The van der Waals surface area contributed by atoms with E-state index in [0.717, 1.165) is 38.5 Å². The molecule has 0 bridgehead atoms. The highest BCUT2D eigenvalue weighted by atomic mass is 16.7. The average molecular weight is 800 g/mol. The van der Waals surface area contributed by atoms with E-state index in [9.17, 15) is 30.3 Å². The van der Waals surface area contributed by atoms with Crippen molar-refractivity contribution in [1.82, 2.24) is 5.32 Å². The summed E-state index contributed by atoms with van der Waals surface area (Å²) in [7, 11) is 0. The Morgan fingerprint density at radius 3 is 1.27 bits per heavy atom. The number of aliphatic hydroxyl groups excluding tert-OH is 5. The Morgan fingerprint density at radius 1 is 0.536 bits per heavy atom. The molecule has 1 fully saturated rings. The molecule has 334 valence electrons. The molecule has 6 N–H and O–H groups in total. The maximum absolute atomic E-state index is 12.9. The van der Waals surface area contributed by atoms with Gasteiger partial charge in [0.15, 0.2) is 6.29 Å². The predicted octanol–water partition coefficient (Wildman–Crippen LogP) is 10.3. The Kier molecular flexibility index (Phi) is 36.5. The van der Waals surface area contributed by atoms with Crippen LogP contribution in [0.3, 0.4) is 0 Å². The number of ether oxygens (including phenoxy) is 2. The molecule has 0 spiro atoms. The highest BCUT2D eigenvalue weighted by Gasteiger charge is 2.44. The lowest BCUT2D eigenvalue weighted by atomic mass is 9.99. The fourth-order valence-electron chi connectivity index (χ4n) is 8.04. The zero-order chi connectivity index (χ0) is 40.9. The van der Waals surface area contributed by atoms with Crippen LogP contribution in [0.1, 0.15) is 239 Å². The highest BCUT2D eigenvalue weighted by Crippen LogP contribution is 2.23. The Bertz CT molecular complexity index is 847. The van der Waals surface area contributed by atoms with Crippen molar-refractivity contribution in [3.05, 3.63) is 0 Å². The maximum Gasteiger partial charge on any atom is 0.220 e. The standard InChI is InChI=1S/C47H93NO8/c1-3-5-7-9-11-13-15-16-17-18-19-20-21-22-23-24-25-27-28-30-32-34-36-41(50)40(39-55-47-46(54)45(53)44(52)42(38-49)56-47)48-43(51)37-35-33-31-29-26-14-12-10-8-6-4-2/h40-42,44-47,49-50,52-54H,3-39H2,1-2H3,(H,48,51). The Balaban J connectivity index is 2.24. The minimum atomic E-state index is -1.55. The molecule has 9 heteroatoms. The van der Waals surface area contributed by atoms with Crippen LogP contribution in [0.4, 0.5) is 0 Å². The molecule has 56 heavy (non-hydrogen) atoms. The fraction of sp³-hybridized carbons (Fsp3) is 0.979. The first-order valence-electron chi connectivity index (χ1n) is 24.2. The first kappa shape index (κ1) is 53.2. The molecular formula is C47H93NO8. The van der Waals surface area contributed by atoms with Crippen LogP contribution in [0, 0.1) is 0 Å². The van der Waals surface area contributed by atoms with Gasteiger partial charge in [-0.15, -0.1) is 0 Å². The van der Waals surface area contributed by atoms with E-state index >= 15 is 0 Å². The van der Waals surface area contributed by atoms with Crippen LogP contribution in [0.15, 0.2) is 0 Å². The van der Waals surface area contributed by atoms with Crippen LogP contribution in [-0.2, 0) is 14.3 Å². The number of hydrogen-bond donors (Lipinski definition) is 6. The van der Waals surface area contributed by atoms with E-state index in [4.69, 9.17) is 9.47 Å². The number of unbranched alkanes of at least 4 members (excludes halogenated alkanes) is 31. The summed E-state index contributed by atoms with van der Waals surface area (Å²) >= 11 is 0. The Labute approximate surface area is 344 Å². The smallest absolute Gasteiger partial charge is 0.220 e. The molecule has 1 saturated heterocycles. The minimum absolute atomic E-state index is 0.132. The molecule has 1 heterocycles. The van der Waals surface area contributed by atoms with Crippen molar-refractivity contribution < 1.29 is 39.8 Å². The van der Waals surface area contributed by atoms with Gasteiger partial charge < -0.3 is 40.3 Å². The van der Waals surface area contributed by atoms with Crippen molar-refractivity contribution in [2.24, 2.45) is 0 Å². The number of hydrogen-bond acceptors (Lipinski definition) is 8. The molecule has 7 unspecified atom stereocenters. The van der Waals surface area contributed by atoms with Gasteiger partial charge in [0.25, 0.3) is 0 Å². The van der Waals surface area contributed by atoms with Crippen molar-refractivity contribution in [1.29, 1.82) is 0 Å². The van der Waals surface area contributed by atoms with Gasteiger partial charge >= 0.3 is 0 Å². The second-order valence-electron chi connectivity index (χ2n) is 17.3. The third kappa shape index (κ3) is 28.6. The van der Waals surface area contributed by atoms with E-state index in [1.54, 1.807) is 0 Å². The van der Waals surface area contributed by atoms with Crippen molar-refractivity contribution in [2.75, 3.05) is 13.2 Å². The molecule has 1 rings (SSSR count). The zero-order valence-electron chi connectivity index (χ0n) is 36.7. The summed E-state index contributed by atoms with van der Waals surface area (Å²) in [6, 6.07) is -0.711. The van der Waals surface area contributed by atoms with Crippen LogP contribution in [0.2, 0.25) is 0 Å². The summed E-state index contributed by atoms with van der Waals surface area (Å²) in [6.45, 7) is 3.84. The molecule has 0 aromatic heterocycles. The Hall–Kier alpha value is -0.810. The van der Waals surface area contributed by atoms with E-state index in [1.165, 1.54) is 173 Å². The summed E-state index contributed by atoms with van der Waals surface area (Å²) in [5.41, 5.74) is 0. The van der Waals surface area contributed by atoms with Crippen LogP contribution in [0.25, 0.3) is 0 Å². The van der Waals surface area contributed by atoms with Crippen LogP contribution in [0.5, 0.6) is 0 Å². The molecule has 1 amide bonds. The van der Waals surface area contributed by atoms with E-state index in [0.29, 0.717) is 12.8 Å². The number of carbonyl (C=O) groups excluding carboxylic acids is 1. The largest absolute Gasteiger partial charge is 0.394 e. The molecule has 0 aromatic rings. The number of aliphatic hydroxyl groups is 5. The quantitative estimate of drug-likeness (QED) is 0.0335. The van der Waals surface area contributed by atoms with E-state index in [-0.39, 0.29) is 12.5 Å². The van der Waals surface area contributed by atoms with Crippen LogP contribution < -0.4 is 5.32 Å². The predicted molar refractivity (Wildman–Crippen MR) is 231 cm³/mol. The average Bonchev–Trinajstić information content (AvgIpc) is 3.20. The first-order chi connectivity index (χ1) is 27.3. The normalized spacial score (nSPS) is 21.0. The van der Waals surface area contributed by atoms with Gasteiger partial charge in [-0.05, 0) is 12.8 Å². The topological polar surface area (TPSA) is 149 Å². The third-order valence-corrected chi connectivity index (χ3v) is 12.0. The summed E-state index contributed by atoms with van der Waals surface area (Å²) < 4.78 is 11.3. The van der Waals surface area contributed by atoms with Gasteiger partial charge in [0.05, 0.1) is 25.4 Å². The summed E-state index contributed by atoms with van der Waals surface area (Å²) in [5.74, 6) is -0.142. The number of amides is 1. The van der Waals surface area contributed by atoms with Crippen molar-refractivity contribution in [3.63, 3.8) is 0 Å². The minimum Gasteiger partial charge on any atom is -0.394 e. The van der Waals surface area contributed by atoms with E-state index in [2.05, 4.69) is 19.2 Å². The molecule has 7 atom stereocenters. The lowest BCUT2D eigenvalue weighted by Gasteiger charge is -2.40. The molecule has 0 radical (unpaired) electrons. The second-order valence-corrected chi connectivity index (χ2v) is 17.3. The monoisotopic (exact) mass is 800 g/mol. The number of nitrogens with one attached hydrogen (secondary N) is 1. The van der Waals surface area contributed by atoms with Gasteiger partial charge in [0, 0.05) is 6.42 Å². The summed E-state index contributed by atoms with van der Waals surface area (Å²) in [6.07, 6.45) is 35.5. The third-order valence-electron chi connectivity index (χ3n) is 12.0. The van der Waals surface area contributed by atoms with Gasteiger partial charge in [-0.2, -0.15) is 0 Å². The summed E-state index contributed by atoms with van der Waals surface area (Å²) in [5, 5.41) is 54.3. The maximum atomic E-state index is 12.9.